The van der Waals surface area contributed by atoms with Gasteiger partial charge in [-0.2, -0.15) is 0 Å². The van der Waals surface area contributed by atoms with Crippen molar-refractivity contribution in [3.05, 3.63) is 22.6 Å². The predicted molar refractivity (Wildman–Crippen MR) is 81.8 cm³/mol. The minimum atomic E-state index is -1.78. The first-order chi connectivity index (χ1) is 10.7. The molecule has 8 nitrogen and oxygen atoms in total. The number of aliphatic hydroxyl groups is 1. The number of amides is 2. The summed E-state index contributed by atoms with van der Waals surface area (Å²) in [6, 6.07) is 3.08. The number of hydrogen-bond acceptors (Lipinski definition) is 5. The highest BCUT2D eigenvalue weighted by molar-refractivity contribution is 9.10. The molecule has 2 amide bonds. The van der Waals surface area contributed by atoms with Crippen molar-refractivity contribution in [1.82, 2.24) is 9.80 Å². The van der Waals surface area contributed by atoms with Crippen molar-refractivity contribution < 1.29 is 29.0 Å². The number of carbonyl (C=O) groups is 3. The van der Waals surface area contributed by atoms with Gasteiger partial charge in [0.1, 0.15) is 0 Å². The zero-order chi connectivity index (χ0) is 17.2. The maximum absolute atomic E-state index is 12.2. The van der Waals surface area contributed by atoms with E-state index in [2.05, 4.69) is 15.9 Å². The van der Waals surface area contributed by atoms with Crippen LogP contribution in [0.1, 0.15) is 23.4 Å². The first kappa shape index (κ1) is 17.5. The number of halogens is 1. The lowest BCUT2D eigenvalue weighted by molar-refractivity contribution is -0.165. The molecule has 1 aromatic heterocycles. The lowest BCUT2D eigenvalue weighted by Crippen LogP contribution is -2.52. The largest absolute Gasteiger partial charge is 0.479 e. The van der Waals surface area contributed by atoms with Gasteiger partial charge < -0.3 is 24.4 Å². The molecule has 0 atom stereocenters. The average molecular weight is 389 g/mol. The molecule has 1 aliphatic heterocycles. The van der Waals surface area contributed by atoms with Crippen LogP contribution in [0, 0.1) is 0 Å². The summed E-state index contributed by atoms with van der Waals surface area (Å²) in [6.07, 6.45) is -0.0618. The van der Waals surface area contributed by atoms with Crippen LogP contribution in [0.25, 0.3) is 0 Å². The number of furan rings is 1. The summed E-state index contributed by atoms with van der Waals surface area (Å²) < 4.78 is 5.57. The smallest absolute Gasteiger partial charge is 0.335 e. The van der Waals surface area contributed by atoms with Gasteiger partial charge in [-0.1, -0.05) is 0 Å². The molecule has 2 N–H and O–H groups in total. The number of rotatable bonds is 4. The van der Waals surface area contributed by atoms with Gasteiger partial charge in [-0.3, -0.25) is 9.59 Å². The maximum atomic E-state index is 12.2. The molecule has 1 aliphatic rings. The highest BCUT2D eigenvalue weighted by atomic mass is 79.9. The molecule has 1 fully saturated rings. The first-order valence-corrected chi connectivity index (χ1v) is 7.76. The minimum absolute atomic E-state index is 0.0309. The van der Waals surface area contributed by atoms with E-state index in [-0.39, 0.29) is 44.1 Å². The van der Waals surface area contributed by atoms with Crippen molar-refractivity contribution in [1.29, 1.82) is 0 Å². The Morgan fingerprint density at radius 3 is 2.43 bits per heavy atom. The number of aliphatic carboxylic acids is 1. The summed E-state index contributed by atoms with van der Waals surface area (Å²) in [4.78, 5) is 37.9. The fourth-order valence-corrected chi connectivity index (χ4v) is 2.64. The number of carboxylic acid groups (broad SMARTS) is 1. The summed E-state index contributed by atoms with van der Waals surface area (Å²) in [5, 5.41) is 18.8. The SMILES string of the molecule is CN(CC(=O)N1CCC(O)(C(=O)O)CC1)C(=O)c1ccc(Br)o1. The van der Waals surface area contributed by atoms with Crippen LogP contribution in [-0.4, -0.2) is 70.1 Å². The molecule has 126 valence electrons. The Morgan fingerprint density at radius 1 is 1.35 bits per heavy atom. The van der Waals surface area contributed by atoms with E-state index < -0.39 is 17.5 Å². The molecule has 0 saturated carbocycles. The fourth-order valence-electron chi connectivity index (χ4n) is 2.33. The molecule has 23 heavy (non-hydrogen) atoms. The lowest BCUT2D eigenvalue weighted by Gasteiger charge is -2.35. The lowest BCUT2D eigenvalue weighted by atomic mass is 9.91. The van der Waals surface area contributed by atoms with Crippen LogP contribution in [0.3, 0.4) is 0 Å². The molecule has 0 aliphatic carbocycles. The van der Waals surface area contributed by atoms with E-state index >= 15 is 0 Å². The van der Waals surface area contributed by atoms with Crippen molar-refractivity contribution in [2.75, 3.05) is 26.7 Å². The van der Waals surface area contributed by atoms with Crippen LogP contribution >= 0.6 is 15.9 Å². The Hall–Kier alpha value is -1.87. The molecule has 0 spiro atoms. The zero-order valence-corrected chi connectivity index (χ0v) is 14.1. The summed E-state index contributed by atoms with van der Waals surface area (Å²) in [5.74, 6) is -1.90. The first-order valence-electron chi connectivity index (χ1n) is 6.97. The molecule has 2 heterocycles. The van der Waals surface area contributed by atoms with Crippen molar-refractivity contribution in [2.45, 2.75) is 18.4 Å². The molecule has 0 aromatic carbocycles. The highest BCUT2D eigenvalue weighted by Gasteiger charge is 2.40. The van der Waals surface area contributed by atoms with Crippen molar-refractivity contribution in [3.8, 4) is 0 Å². The summed E-state index contributed by atoms with van der Waals surface area (Å²) in [7, 11) is 1.48. The van der Waals surface area contributed by atoms with E-state index in [4.69, 9.17) is 9.52 Å². The van der Waals surface area contributed by atoms with Crippen LogP contribution in [0.2, 0.25) is 0 Å². The van der Waals surface area contributed by atoms with Gasteiger partial charge in [-0.05, 0) is 28.1 Å². The second-order valence-corrected chi connectivity index (χ2v) is 6.26. The summed E-state index contributed by atoms with van der Waals surface area (Å²) in [6.45, 7) is 0.120. The third kappa shape index (κ3) is 3.91. The second kappa shape index (κ2) is 6.71. The van der Waals surface area contributed by atoms with Crippen molar-refractivity contribution >= 4 is 33.7 Å². The third-order valence-corrected chi connectivity index (χ3v) is 4.27. The second-order valence-electron chi connectivity index (χ2n) is 5.48. The molecule has 0 radical (unpaired) electrons. The number of carbonyl (C=O) groups excluding carboxylic acids is 2. The van der Waals surface area contributed by atoms with Gasteiger partial charge >= 0.3 is 5.97 Å². The molecule has 0 unspecified atom stereocenters. The molecule has 2 rings (SSSR count). The number of likely N-dealkylation sites (N-methyl/N-ethyl adjacent to an activating group) is 1. The molecular weight excluding hydrogens is 372 g/mol. The van der Waals surface area contributed by atoms with Crippen LogP contribution in [0.4, 0.5) is 0 Å². The van der Waals surface area contributed by atoms with E-state index in [1.807, 2.05) is 0 Å². The molecular formula is C14H17BrN2O6. The zero-order valence-electron chi connectivity index (χ0n) is 12.5. The summed E-state index contributed by atoms with van der Waals surface area (Å²) in [5.41, 5.74) is -1.78. The van der Waals surface area contributed by atoms with Gasteiger partial charge in [-0.15, -0.1) is 0 Å². The van der Waals surface area contributed by atoms with Crippen molar-refractivity contribution in [2.24, 2.45) is 0 Å². The Morgan fingerprint density at radius 2 is 1.96 bits per heavy atom. The van der Waals surface area contributed by atoms with Gasteiger partial charge in [0, 0.05) is 33.0 Å². The number of carboxylic acids is 1. The van der Waals surface area contributed by atoms with Crippen LogP contribution < -0.4 is 0 Å². The van der Waals surface area contributed by atoms with Gasteiger partial charge in [-0.25, -0.2) is 4.79 Å². The van der Waals surface area contributed by atoms with E-state index in [1.54, 1.807) is 6.07 Å². The van der Waals surface area contributed by atoms with E-state index in [0.717, 1.165) is 0 Å². The average Bonchev–Trinajstić information content (AvgIpc) is 2.93. The van der Waals surface area contributed by atoms with E-state index in [0.29, 0.717) is 4.67 Å². The standard InChI is InChI=1S/C14H17BrN2O6/c1-16(12(19)9-2-3-10(15)23-9)8-11(18)17-6-4-14(22,5-7-17)13(20)21/h2-3,22H,4-8H2,1H3,(H,20,21). The normalized spacial score (nSPS) is 16.9. The van der Waals surface area contributed by atoms with E-state index in [1.165, 1.54) is 22.9 Å². The Balaban J connectivity index is 1.90. The number of piperidine rings is 1. The number of likely N-dealkylation sites (tertiary alicyclic amines) is 1. The molecule has 1 aromatic rings. The topological polar surface area (TPSA) is 111 Å². The molecule has 9 heteroatoms. The third-order valence-electron chi connectivity index (χ3n) is 3.84. The van der Waals surface area contributed by atoms with Crippen LogP contribution in [-0.2, 0) is 9.59 Å². The van der Waals surface area contributed by atoms with Crippen LogP contribution in [0.15, 0.2) is 21.2 Å². The predicted octanol–water partition coefficient (Wildman–Crippen LogP) is 0.552. The monoisotopic (exact) mass is 388 g/mol. The fraction of sp³-hybridized carbons (Fsp3) is 0.500. The van der Waals surface area contributed by atoms with E-state index in [9.17, 15) is 19.5 Å². The Labute approximate surface area is 140 Å². The highest BCUT2D eigenvalue weighted by Crippen LogP contribution is 2.22. The number of nitrogens with zero attached hydrogens (tertiary/aromatic N) is 2. The van der Waals surface area contributed by atoms with Gasteiger partial charge in [0.05, 0.1) is 6.54 Å². The Bertz CT molecular complexity index is 621. The van der Waals surface area contributed by atoms with Gasteiger partial charge in [0.15, 0.2) is 16.0 Å². The number of hydrogen-bond donors (Lipinski definition) is 2. The minimum Gasteiger partial charge on any atom is -0.479 e. The van der Waals surface area contributed by atoms with Crippen LogP contribution in [0.5, 0.6) is 0 Å². The molecule has 1 saturated heterocycles. The van der Waals surface area contributed by atoms with Gasteiger partial charge in [0.2, 0.25) is 5.91 Å². The Kier molecular flexibility index (Phi) is 5.10. The quantitative estimate of drug-likeness (QED) is 0.778. The molecule has 0 bridgehead atoms. The van der Waals surface area contributed by atoms with Crippen molar-refractivity contribution in [3.63, 3.8) is 0 Å². The summed E-state index contributed by atoms with van der Waals surface area (Å²) >= 11 is 3.10. The maximum Gasteiger partial charge on any atom is 0.335 e. The van der Waals surface area contributed by atoms with Gasteiger partial charge in [0.25, 0.3) is 5.91 Å².